The lowest BCUT2D eigenvalue weighted by Gasteiger charge is -2.16. The number of aromatic nitrogens is 4. The Kier molecular flexibility index (Phi) is 5.08. The predicted molar refractivity (Wildman–Crippen MR) is 82.4 cm³/mol. The third-order valence-electron chi connectivity index (χ3n) is 3.33. The lowest BCUT2D eigenvalue weighted by molar-refractivity contribution is 0.0776. The van der Waals surface area contributed by atoms with E-state index in [2.05, 4.69) is 10.2 Å². The standard InChI is InChI=1S/C15H21N5O2/c1-4-5-8-20-14(21)7-6-13(17-20)15(22)18(2)10-12-9-16-19(3)11-12/h6-7,9,11H,4-5,8,10H2,1-3H3. The van der Waals surface area contributed by atoms with Gasteiger partial charge in [-0.05, 0) is 12.5 Å². The zero-order valence-corrected chi connectivity index (χ0v) is 13.2. The van der Waals surface area contributed by atoms with Crippen molar-refractivity contribution in [1.82, 2.24) is 24.5 Å². The molecule has 0 saturated heterocycles. The lowest BCUT2D eigenvalue weighted by Crippen LogP contribution is -2.31. The number of aryl methyl sites for hydroxylation is 2. The van der Waals surface area contributed by atoms with E-state index in [0.717, 1.165) is 18.4 Å². The highest BCUT2D eigenvalue weighted by atomic mass is 16.2. The molecule has 0 spiro atoms. The van der Waals surface area contributed by atoms with Gasteiger partial charge in [-0.15, -0.1) is 0 Å². The monoisotopic (exact) mass is 303 g/mol. The summed E-state index contributed by atoms with van der Waals surface area (Å²) in [5, 5.41) is 8.25. The van der Waals surface area contributed by atoms with Crippen molar-refractivity contribution in [2.45, 2.75) is 32.9 Å². The molecule has 0 fully saturated rings. The van der Waals surface area contributed by atoms with E-state index in [4.69, 9.17) is 0 Å². The predicted octanol–water partition coefficient (Wildman–Crippen LogP) is 1.05. The van der Waals surface area contributed by atoms with E-state index < -0.39 is 0 Å². The number of rotatable bonds is 6. The SMILES string of the molecule is CCCCn1nc(C(=O)N(C)Cc2cnn(C)c2)ccc1=O. The summed E-state index contributed by atoms with van der Waals surface area (Å²) in [5.74, 6) is -0.214. The summed E-state index contributed by atoms with van der Waals surface area (Å²) in [4.78, 5) is 25.7. The second-order valence-corrected chi connectivity index (χ2v) is 5.32. The van der Waals surface area contributed by atoms with Gasteiger partial charge in [0.25, 0.3) is 11.5 Å². The molecule has 2 aromatic rings. The van der Waals surface area contributed by atoms with Gasteiger partial charge in [0.15, 0.2) is 0 Å². The molecule has 7 nitrogen and oxygen atoms in total. The van der Waals surface area contributed by atoms with Gasteiger partial charge in [0.1, 0.15) is 5.69 Å². The quantitative estimate of drug-likeness (QED) is 0.799. The Balaban J connectivity index is 2.12. The second kappa shape index (κ2) is 7.02. The highest BCUT2D eigenvalue weighted by Gasteiger charge is 2.15. The van der Waals surface area contributed by atoms with Crippen LogP contribution in [0.1, 0.15) is 35.8 Å². The first-order valence-corrected chi connectivity index (χ1v) is 7.32. The third kappa shape index (κ3) is 3.81. The molecule has 0 atom stereocenters. The first-order chi connectivity index (χ1) is 10.5. The molecule has 0 radical (unpaired) electrons. The minimum atomic E-state index is -0.214. The van der Waals surface area contributed by atoms with Crippen molar-refractivity contribution in [3.05, 3.63) is 46.1 Å². The molecule has 0 aliphatic carbocycles. The Labute approximate surface area is 129 Å². The van der Waals surface area contributed by atoms with Crippen LogP contribution < -0.4 is 5.56 Å². The summed E-state index contributed by atoms with van der Waals surface area (Å²) in [5.41, 5.74) is 1.04. The molecule has 0 N–H and O–H groups in total. The number of hydrogen-bond acceptors (Lipinski definition) is 4. The Morgan fingerprint density at radius 3 is 2.77 bits per heavy atom. The van der Waals surface area contributed by atoms with Crippen LogP contribution in [0.4, 0.5) is 0 Å². The van der Waals surface area contributed by atoms with Crippen LogP contribution in [-0.4, -0.2) is 37.4 Å². The van der Waals surface area contributed by atoms with E-state index in [-0.39, 0.29) is 17.2 Å². The highest BCUT2D eigenvalue weighted by Crippen LogP contribution is 2.05. The molecular weight excluding hydrogens is 282 g/mol. The highest BCUT2D eigenvalue weighted by molar-refractivity contribution is 5.91. The maximum Gasteiger partial charge on any atom is 0.274 e. The Morgan fingerprint density at radius 2 is 2.14 bits per heavy atom. The molecule has 2 aromatic heterocycles. The van der Waals surface area contributed by atoms with Crippen LogP contribution in [0.15, 0.2) is 29.3 Å². The average molecular weight is 303 g/mol. The number of carbonyl (C=O) groups is 1. The zero-order chi connectivity index (χ0) is 16.1. The molecular formula is C15H21N5O2. The fraction of sp³-hybridized carbons (Fsp3) is 0.467. The fourth-order valence-corrected chi connectivity index (χ4v) is 2.13. The second-order valence-electron chi connectivity index (χ2n) is 5.32. The van der Waals surface area contributed by atoms with Gasteiger partial charge in [0, 0.05) is 45.0 Å². The molecule has 0 unspecified atom stereocenters. The number of hydrogen-bond donors (Lipinski definition) is 0. The maximum atomic E-state index is 12.4. The van der Waals surface area contributed by atoms with Crippen LogP contribution in [0.3, 0.4) is 0 Å². The van der Waals surface area contributed by atoms with Gasteiger partial charge >= 0.3 is 0 Å². The summed E-state index contributed by atoms with van der Waals surface area (Å²) in [6, 6.07) is 2.88. The topological polar surface area (TPSA) is 73.0 Å². The molecule has 1 amide bonds. The molecule has 118 valence electrons. The molecule has 0 saturated carbocycles. The van der Waals surface area contributed by atoms with Crippen LogP contribution in [0.2, 0.25) is 0 Å². The van der Waals surface area contributed by atoms with Crippen molar-refractivity contribution < 1.29 is 4.79 Å². The Hall–Kier alpha value is -2.44. The summed E-state index contributed by atoms with van der Waals surface area (Å²) in [6.07, 6.45) is 5.40. The largest absolute Gasteiger partial charge is 0.336 e. The first-order valence-electron chi connectivity index (χ1n) is 7.32. The molecule has 0 aromatic carbocycles. The van der Waals surface area contributed by atoms with Crippen LogP contribution in [0, 0.1) is 0 Å². The van der Waals surface area contributed by atoms with Crippen LogP contribution in [0.5, 0.6) is 0 Å². The first kappa shape index (κ1) is 15.9. The number of carbonyl (C=O) groups excluding carboxylic acids is 1. The minimum Gasteiger partial charge on any atom is -0.336 e. The van der Waals surface area contributed by atoms with Gasteiger partial charge in [-0.25, -0.2) is 4.68 Å². The Morgan fingerprint density at radius 1 is 1.36 bits per heavy atom. The average Bonchev–Trinajstić information content (AvgIpc) is 2.90. The van der Waals surface area contributed by atoms with E-state index in [1.165, 1.54) is 16.8 Å². The van der Waals surface area contributed by atoms with Gasteiger partial charge in [-0.3, -0.25) is 14.3 Å². The van der Waals surface area contributed by atoms with E-state index in [1.54, 1.807) is 22.8 Å². The number of amides is 1. The van der Waals surface area contributed by atoms with Crippen molar-refractivity contribution in [3.8, 4) is 0 Å². The lowest BCUT2D eigenvalue weighted by atomic mass is 10.3. The van der Waals surface area contributed by atoms with Gasteiger partial charge in [-0.1, -0.05) is 13.3 Å². The number of nitrogens with zero attached hydrogens (tertiary/aromatic N) is 5. The molecule has 0 aliphatic rings. The summed E-state index contributed by atoms with van der Waals surface area (Å²) in [7, 11) is 3.54. The van der Waals surface area contributed by atoms with Crippen LogP contribution in [0.25, 0.3) is 0 Å². The summed E-state index contributed by atoms with van der Waals surface area (Å²) in [6.45, 7) is 3.02. The Bertz CT molecular complexity index is 704. The smallest absolute Gasteiger partial charge is 0.274 e. The molecule has 7 heteroatoms. The zero-order valence-electron chi connectivity index (χ0n) is 13.2. The van der Waals surface area contributed by atoms with E-state index in [9.17, 15) is 9.59 Å². The summed E-state index contributed by atoms with van der Waals surface area (Å²) >= 11 is 0. The molecule has 2 rings (SSSR count). The van der Waals surface area contributed by atoms with E-state index in [0.29, 0.717) is 13.1 Å². The summed E-state index contributed by atoms with van der Waals surface area (Å²) < 4.78 is 3.05. The normalized spacial score (nSPS) is 10.7. The van der Waals surface area contributed by atoms with E-state index >= 15 is 0 Å². The van der Waals surface area contributed by atoms with Crippen molar-refractivity contribution in [1.29, 1.82) is 0 Å². The molecule has 22 heavy (non-hydrogen) atoms. The van der Waals surface area contributed by atoms with Crippen molar-refractivity contribution in [2.24, 2.45) is 7.05 Å². The van der Waals surface area contributed by atoms with Crippen molar-refractivity contribution in [3.63, 3.8) is 0 Å². The van der Waals surface area contributed by atoms with Crippen molar-refractivity contribution in [2.75, 3.05) is 7.05 Å². The molecule has 0 aliphatic heterocycles. The fourth-order valence-electron chi connectivity index (χ4n) is 2.13. The van der Waals surface area contributed by atoms with Crippen LogP contribution >= 0.6 is 0 Å². The number of unbranched alkanes of at least 4 members (excludes halogenated alkanes) is 1. The maximum absolute atomic E-state index is 12.4. The van der Waals surface area contributed by atoms with E-state index in [1.807, 2.05) is 20.2 Å². The third-order valence-corrected chi connectivity index (χ3v) is 3.33. The van der Waals surface area contributed by atoms with Crippen molar-refractivity contribution >= 4 is 5.91 Å². The van der Waals surface area contributed by atoms with Gasteiger partial charge in [0.05, 0.1) is 6.20 Å². The molecule has 2 heterocycles. The van der Waals surface area contributed by atoms with Crippen LogP contribution in [-0.2, 0) is 20.1 Å². The van der Waals surface area contributed by atoms with Gasteiger partial charge < -0.3 is 4.90 Å². The van der Waals surface area contributed by atoms with Gasteiger partial charge in [0.2, 0.25) is 0 Å². The minimum absolute atomic E-state index is 0.181. The molecule has 0 bridgehead atoms. The van der Waals surface area contributed by atoms with Gasteiger partial charge in [-0.2, -0.15) is 10.2 Å².